The number of rotatable bonds is 11. The van der Waals surface area contributed by atoms with Crippen molar-refractivity contribution in [2.24, 2.45) is 5.41 Å². The molecule has 1 aliphatic rings. The van der Waals surface area contributed by atoms with E-state index in [1.54, 1.807) is 6.92 Å². The number of methoxy groups -OCH3 is 1. The van der Waals surface area contributed by atoms with E-state index < -0.39 is 59.0 Å². The van der Waals surface area contributed by atoms with Gasteiger partial charge in [0.05, 0.1) is 18.1 Å². The van der Waals surface area contributed by atoms with Gasteiger partial charge < -0.3 is 29.4 Å². The van der Waals surface area contributed by atoms with Crippen LogP contribution in [0, 0.1) is 17.0 Å². The van der Waals surface area contributed by atoms with Crippen molar-refractivity contribution in [2.45, 2.75) is 39.0 Å². The number of carbonyl (C=O) groups is 2. The molecule has 0 spiro atoms. The Morgan fingerprint density at radius 1 is 1.29 bits per heavy atom. The number of aromatic hydroxyl groups is 1. The monoisotopic (exact) mass is 556 g/mol. The van der Waals surface area contributed by atoms with Gasteiger partial charge in [0.15, 0.2) is 18.9 Å². The van der Waals surface area contributed by atoms with Crippen LogP contribution < -0.4 is 10.7 Å². The van der Waals surface area contributed by atoms with Crippen LogP contribution in [0.15, 0.2) is 29.2 Å². The summed E-state index contributed by atoms with van der Waals surface area (Å²) in [4.78, 5) is 48.4. The van der Waals surface area contributed by atoms with Gasteiger partial charge in [-0.25, -0.2) is 8.78 Å². The zero-order valence-corrected chi connectivity index (χ0v) is 22.2. The second-order valence-electron chi connectivity index (χ2n) is 9.60. The van der Waals surface area contributed by atoms with Gasteiger partial charge in [-0.15, -0.1) is 0 Å². The number of hydrogen-bond donors (Lipinski definition) is 3. The average Bonchev–Trinajstić information content (AvgIpc) is 2.84. The largest absolute Gasteiger partial charge is 0.503 e. The molecule has 1 aromatic carbocycles. The van der Waals surface area contributed by atoms with Crippen molar-refractivity contribution in [3.8, 4) is 5.75 Å². The number of ether oxygens (including phenoxy) is 2. The number of amides is 1. The van der Waals surface area contributed by atoms with E-state index in [0.717, 1.165) is 18.3 Å². The molecule has 0 radical (unpaired) electrons. The van der Waals surface area contributed by atoms with Crippen LogP contribution in [0.5, 0.6) is 5.75 Å². The summed E-state index contributed by atoms with van der Waals surface area (Å²) in [5.41, 5.74) is -2.96. The maximum Gasteiger partial charge on any atom is 0.257 e. The van der Waals surface area contributed by atoms with E-state index in [2.05, 4.69) is 5.32 Å². The first kappa shape index (κ1) is 29.6. The third-order valence-corrected chi connectivity index (χ3v) is 7.82. The van der Waals surface area contributed by atoms with Gasteiger partial charge in [-0.3, -0.25) is 18.9 Å². The summed E-state index contributed by atoms with van der Waals surface area (Å²) in [6, 6.07) is 2.85. The Labute approximate surface area is 218 Å². The summed E-state index contributed by atoms with van der Waals surface area (Å²) < 4.78 is 50.7. The smallest absolute Gasteiger partial charge is 0.257 e. The molecule has 2 aromatic rings. The molecule has 3 N–H and O–H groups in total. The fraction of sp³-hybridized carbons (Fsp3) is 0.480. The maximum atomic E-state index is 13.9. The number of nitrogens with zero attached hydrogens (tertiary/aromatic N) is 1. The first-order valence-electron chi connectivity index (χ1n) is 11.9. The van der Waals surface area contributed by atoms with E-state index in [4.69, 9.17) is 9.47 Å². The average molecular weight is 556 g/mol. The van der Waals surface area contributed by atoms with Crippen molar-refractivity contribution in [1.29, 1.82) is 0 Å². The lowest BCUT2D eigenvalue weighted by Crippen LogP contribution is -2.50. The van der Waals surface area contributed by atoms with Gasteiger partial charge in [0.25, 0.3) is 5.91 Å². The fourth-order valence-corrected chi connectivity index (χ4v) is 5.10. The first-order valence-corrected chi connectivity index (χ1v) is 14.2. The molecule has 0 fully saturated rings. The number of benzene rings is 1. The van der Waals surface area contributed by atoms with Crippen LogP contribution in [0.4, 0.5) is 8.78 Å². The minimum absolute atomic E-state index is 0.00490. The topological polar surface area (TPSA) is 144 Å². The lowest BCUT2D eigenvalue weighted by atomic mass is 9.73. The van der Waals surface area contributed by atoms with E-state index >= 15 is 0 Å². The third-order valence-electron chi connectivity index (χ3n) is 6.67. The van der Waals surface area contributed by atoms with Crippen molar-refractivity contribution in [2.75, 3.05) is 33.2 Å². The minimum Gasteiger partial charge on any atom is -0.503 e. The second kappa shape index (κ2) is 11.9. The van der Waals surface area contributed by atoms with E-state index in [9.17, 15) is 37.7 Å². The van der Waals surface area contributed by atoms with Crippen LogP contribution in [0.25, 0.3) is 0 Å². The molecule has 3 atom stereocenters. The van der Waals surface area contributed by atoms with Crippen LogP contribution in [0.1, 0.15) is 46.2 Å². The Kier molecular flexibility index (Phi) is 9.25. The molecule has 0 saturated carbocycles. The number of nitrogens with one attached hydrogen (secondary N) is 1. The number of halogens is 2. The number of ketones is 1. The molecular weight excluding hydrogens is 525 g/mol. The molecule has 3 unspecified atom stereocenters. The second-order valence-corrected chi connectivity index (χ2v) is 12.2. The third kappa shape index (κ3) is 6.55. The Hall–Kier alpha value is -2.92. The number of fused-ring (bicyclic) bond motifs is 1. The summed E-state index contributed by atoms with van der Waals surface area (Å²) in [6.07, 6.45) is 1.13. The fourth-order valence-electron chi connectivity index (χ4n) is 4.38. The number of carbonyl (C=O) groups excluding carboxylic acids is 2. The SMILES string of the molecule is COC1Cn2cc(C(=O)NCc3ccc(F)cc3F)c(=O)c(O)c2C(=O)C1(C)CCOCCCP(C)(=O)O. The summed E-state index contributed by atoms with van der Waals surface area (Å²) in [5.74, 6) is -4.01. The van der Waals surface area contributed by atoms with Crippen LogP contribution in [0.3, 0.4) is 0 Å². The molecule has 13 heteroatoms. The number of Topliss-reactive ketones (excluding diaryl/α,β-unsaturated/α-hetero) is 1. The van der Waals surface area contributed by atoms with Gasteiger partial charge in [0.1, 0.15) is 22.9 Å². The highest BCUT2D eigenvalue weighted by Gasteiger charge is 2.48. The van der Waals surface area contributed by atoms with Crippen molar-refractivity contribution in [3.63, 3.8) is 0 Å². The van der Waals surface area contributed by atoms with Crippen LogP contribution >= 0.6 is 7.37 Å². The highest BCUT2D eigenvalue weighted by Crippen LogP contribution is 2.39. The molecular formula is C25H31F2N2O8P. The van der Waals surface area contributed by atoms with E-state index in [1.165, 1.54) is 18.3 Å². The number of pyridine rings is 1. The lowest BCUT2D eigenvalue weighted by Gasteiger charge is -2.40. The van der Waals surface area contributed by atoms with Gasteiger partial charge in [-0.1, -0.05) is 6.07 Å². The van der Waals surface area contributed by atoms with Crippen molar-refractivity contribution >= 4 is 19.1 Å². The quantitative estimate of drug-likeness (QED) is 0.283. The van der Waals surface area contributed by atoms with E-state index in [0.29, 0.717) is 12.5 Å². The molecule has 0 bridgehead atoms. The Bertz CT molecular complexity index is 1330. The molecule has 2 heterocycles. The van der Waals surface area contributed by atoms with Gasteiger partial charge in [0.2, 0.25) is 5.43 Å². The zero-order valence-electron chi connectivity index (χ0n) is 21.3. The van der Waals surface area contributed by atoms with Gasteiger partial charge in [-0.05, 0) is 25.8 Å². The van der Waals surface area contributed by atoms with Crippen molar-refractivity contribution in [3.05, 3.63) is 63.1 Å². The van der Waals surface area contributed by atoms with Gasteiger partial charge in [-0.2, -0.15) is 0 Å². The molecule has 1 aliphatic heterocycles. The van der Waals surface area contributed by atoms with E-state index in [-0.39, 0.29) is 50.1 Å². The maximum absolute atomic E-state index is 13.9. The minimum atomic E-state index is -3.13. The molecule has 0 saturated heterocycles. The molecule has 1 amide bonds. The summed E-state index contributed by atoms with van der Waals surface area (Å²) in [5, 5.41) is 13.0. The highest BCUT2D eigenvalue weighted by atomic mass is 31.2. The molecule has 208 valence electrons. The normalized spacial score (nSPS) is 20.6. The highest BCUT2D eigenvalue weighted by molar-refractivity contribution is 7.57. The summed E-state index contributed by atoms with van der Waals surface area (Å²) in [6.45, 7) is 2.96. The van der Waals surface area contributed by atoms with E-state index in [1.807, 2.05) is 0 Å². The standard InChI is InChI=1S/C25H31F2N2O8P/c1-25(7-9-37-8-4-10-38(3,34)35)19(36-2)14-29-13-17(21(30)22(31)20(29)23(25)32)24(33)28-12-15-5-6-16(26)11-18(15)27/h5-6,11,13,19,31H,4,7-10,12,14H2,1-3H3,(H,28,33)(H,34,35). The van der Waals surface area contributed by atoms with Gasteiger partial charge in [0, 0.05) is 57.5 Å². The number of hydrogen-bond acceptors (Lipinski definition) is 7. The Morgan fingerprint density at radius 2 is 2.00 bits per heavy atom. The van der Waals surface area contributed by atoms with Crippen molar-refractivity contribution < 1.29 is 42.4 Å². The lowest BCUT2D eigenvalue weighted by molar-refractivity contribution is -0.0291. The molecule has 1 aromatic heterocycles. The van der Waals surface area contributed by atoms with Crippen LogP contribution in [-0.2, 0) is 27.1 Å². The molecule has 10 nitrogen and oxygen atoms in total. The zero-order chi connectivity index (χ0) is 28.3. The predicted molar refractivity (Wildman–Crippen MR) is 134 cm³/mol. The van der Waals surface area contributed by atoms with Crippen LogP contribution in [0.2, 0.25) is 0 Å². The Balaban J connectivity index is 1.77. The van der Waals surface area contributed by atoms with Crippen molar-refractivity contribution in [1.82, 2.24) is 9.88 Å². The summed E-state index contributed by atoms with van der Waals surface area (Å²) >= 11 is 0. The number of aromatic nitrogens is 1. The molecule has 38 heavy (non-hydrogen) atoms. The van der Waals surface area contributed by atoms with Gasteiger partial charge >= 0.3 is 0 Å². The summed E-state index contributed by atoms with van der Waals surface area (Å²) in [7, 11) is -1.72. The molecule has 3 rings (SSSR count). The first-order chi connectivity index (χ1) is 17.8. The van der Waals surface area contributed by atoms with Crippen LogP contribution in [-0.4, -0.2) is 65.5 Å². The predicted octanol–water partition coefficient (Wildman–Crippen LogP) is 2.68. The Morgan fingerprint density at radius 3 is 2.63 bits per heavy atom. The molecule has 0 aliphatic carbocycles.